The third kappa shape index (κ3) is 5.16. The SMILES string of the molecule is CCCN(CC(F)(F)F)C1CCCCNC1. The number of alkyl halides is 3. The first kappa shape index (κ1) is 13.8. The van der Waals surface area contributed by atoms with E-state index >= 15 is 0 Å². The molecule has 1 heterocycles. The molecule has 0 aromatic heterocycles. The van der Waals surface area contributed by atoms with Crippen molar-refractivity contribution in [2.75, 3.05) is 26.2 Å². The minimum Gasteiger partial charge on any atom is -0.315 e. The molecule has 0 aromatic rings. The van der Waals surface area contributed by atoms with Crippen LogP contribution in [0.25, 0.3) is 0 Å². The highest BCUT2D eigenvalue weighted by molar-refractivity contribution is 4.78. The summed E-state index contributed by atoms with van der Waals surface area (Å²) in [5.74, 6) is 0. The molecule has 0 aromatic carbocycles. The van der Waals surface area contributed by atoms with Crippen LogP contribution in [0.3, 0.4) is 0 Å². The first-order valence-electron chi connectivity index (χ1n) is 6.04. The topological polar surface area (TPSA) is 15.3 Å². The Bertz CT molecular complexity index is 186. The summed E-state index contributed by atoms with van der Waals surface area (Å²) >= 11 is 0. The molecule has 0 aliphatic carbocycles. The molecule has 1 N–H and O–H groups in total. The highest BCUT2D eigenvalue weighted by Gasteiger charge is 2.33. The molecule has 1 rings (SSSR count). The van der Waals surface area contributed by atoms with Crippen molar-refractivity contribution < 1.29 is 13.2 Å². The minimum atomic E-state index is -4.08. The van der Waals surface area contributed by atoms with Crippen LogP contribution < -0.4 is 5.32 Å². The van der Waals surface area contributed by atoms with E-state index < -0.39 is 12.7 Å². The number of hydrogen-bond donors (Lipinski definition) is 1. The highest BCUT2D eigenvalue weighted by atomic mass is 19.4. The van der Waals surface area contributed by atoms with Crippen molar-refractivity contribution in [2.45, 2.75) is 44.8 Å². The van der Waals surface area contributed by atoms with Gasteiger partial charge in [-0.3, -0.25) is 4.90 Å². The molecule has 1 saturated heterocycles. The summed E-state index contributed by atoms with van der Waals surface area (Å²) in [7, 11) is 0. The predicted octanol–water partition coefficient (Wildman–Crippen LogP) is 2.40. The normalized spacial score (nSPS) is 23.4. The molecule has 1 aliphatic rings. The first-order chi connectivity index (χ1) is 7.53. The van der Waals surface area contributed by atoms with Crippen LogP contribution in [0, 0.1) is 0 Å². The van der Waals surface area contributed by atoms with Gasteiger partial charge in [-0.2, -0.15) is 13.2 Å². The first-order valence-corrected chi connectivity index (χ1v) is 6.04. The second kappa shape index (κ2) is 6.45. The Morgan fingerprint density at radius 1 is 1.31 bits per heavy atom. The third-order valence-corrected chi connectivity index (χ3v) is 2.93. The summed E-state index contributed by atoms with van der Waals surface area (Å²) in [5.41, 5.74) is 0. The molecule has 0 amide bonds. The molecule has 0 spiro atoms. The van der Waals surface area contributed by atoms with Crippen molar-refractivity contribution in [3.05, 3.63) is 0 Å². The standard InChI is InChI=1S/C11H21F3N2/c1-2-7-16(9-11(12,13)14)10-5-3-4-6-15-8-10/h10,15H,2-9H2,1H3. The molecule has 1 unspecified atom stereocenters. The average molecular weight is 238 g/mol. The van der Waals surface area contributed by atoms with Crippen molar-refractivity contribution in [1.82, 2.24) is 10.2 Å². The summed E-state index contributed by atoms with van der Waals surface area (Å²) in [6, 6.07) is 0.0454. The minimum absolute atomic E-state index is 0.0454. The highest BCUT2D eigenvalue weighted by Crippen LogP contribution is 2.20. The summed E-state index contributed by atoms with van der Waals surface area (Å²) < 4.78 is 37.3. The van der Waals surface area contributed by atoms with Gasteiger partial charge in [0.15, 0.2) is 0 Å². The number of hydrogen-bond acceptors (Lipinski definition) is 2. The maximum Gasteiger partial charge on any atom is 0.401 e. The molecule has 1 atom stereocenters. The molecule has 96 valence electrons. The molecular formula is C11H21F3N2. The molecule has 0 bridgehead atoms. The van der Waals surface area contributed by atoms with Gasteiger partial charge in [0.2, 0.25) is 0 Å². The lowest BCUT2D eigenvalue weighted by molar-refractivity contribution is -0.151. The zero-order chi connectivity index (χ0) is 12.0. The van der Waals surface area contributed by atoms with Crippen LogP contribution in [0.4, 0.5) is 13.2 Å². The van der Waals surface area contributed by atoms with Crippen LogP contribution in [0.15, 0.2) is 0 Å². The maximum atomic E-state index is 12.4. The van der Waals surface area contributed by atoms with Crippen LogP contribution >= 0.6 is 0 Å². The van der Waals surface area contributed by atoms with Crippen molar-refractivity contribution in [2.24, 2.45) is 0 Å². The summed E-state index contributed by atoms with van der Waals surface area (Å²) in [6.07, 6.45) is -0.338. The fourth-order valence-corrected chi connectivity index (χ4v) is 2.22. The molecular weight excluding hydrogens is 217 g/mol. The molecule has 1 fully saturated rings. The smallest absolute Gasteiger partial charge is 0.315 e. The number of nitrogens with one attached hydrogen (secondary N) is 1. The van der Waals surface area contributed by atoms with Gasteiger partial charge < -0.3 is 5.32 Å². The van der Waals surface area contributed by atoms with Gasteiger partial charge in [0.05, 0.1) is 6.54 Å². The second-order valence-corrected chi connectivity index (χ2v) is 4.44. The van der Waals surface area contributed by atoms with Gasteiger partial charge in [-0.1, -0.05) is 13.3 Å². The Hall–Kier alpha value is -0.290. The third-order valence-electron chi connectivity index (χ3n) is 2.93. The van der Waals surface area contributed by atoms with E-state index in [0.29, 0.717) is 13.1 Å². The van der Waals surface area contributed by atoms with Crippen molar-refractivity contribution in [3.63, 3.8) is 0 Å². The Morgan fingerprint density at radius 2 is 2.06 bits per heavy atom. The van der Waals surface area contributed by atoms with E-state index in [4.69, 9.17) is 0 Å². The lowest BCUT2D eigenvalue weighted by Gasteiger charge is -2.31. The van der Waals surface area contributed by atoms with Crippen molar-refractivity contribution >= 4 is 0 Å². The van der Waals surface area contributed by atoms with Crippen LogP contribution in [0.2, 0.25) is 0 Å². The van der Waals surface area contributed by atoms with E-state index in [1.54, 1.807) is 4.90 Å². The number of rotatable bonds is 4. The molecule has 16 heavy (non-hydrogen) atoms. The Kier molecular flexibility index (Phi) is 5.55. The molecule has 0 radical (unpaired) electrons. The fraction of sp³-hybridized carbons (Fsp3) is 1.00. The van der Waals surface area contributed by atoms with Crippen molar-refractivity contribution in [3.8, 4) is 0 Å². The zero-order valence-electron chi connectivity index (χ0n) is 9.82. The number of nitrogens with zero attached hydrogens (tertiary/aromatic N) is 1. The largest absolute Gasteiger partial charge is 0.401 e. The van der Waals surface area contributed by atoms with Crippen LogP contribution in [0.1, 0.15) is 32.6 Å². The van der Waals surface area contributed by atoms with Gasteiger partial charge in [0.1, 0.15) is 0 Å². The molecule has 1 aliphatic heterocycles. The lowest BCUT2D eigenvalue weighted by atomic mass is 10.1. The summed E-state index contributed by atoms with van der Waals surface area (Å²) in [4.78, 5) is 1.58. The van der Waals surface area contributed by atoms with Gasteiger partial charge in [-0.05, 0) is 32.4 Å². The Balaban J connectivity index is 2.52. The fourth-order valence-electron chi connectivity index (χ4n) is 2.22. The molecule has 0 saturated carbocycles. The van der Waals surface area contributed by atoms with E-state index in [2.05, 4.69) is 5.32 Å². The van der Waals surface area contributed by atoms with Gasteiger partial charge in [-0.25, -0.2) is 0 Å². The molecule has 5 heteroatoms. The lowest BCUT2D eigenvalue weighted by Crippen LogP contribution is -2.46. The summed E-state index contributed by atoms with van der Waals surface area (Å²) in [5, 5.41) is 3.21. The van der Waals surface area contributed by atoms with E-state index in [1.807, 2.05) is 6.92 Å². The van der Waals surface area contributed by atoms with E-state index in [-0.39, 0.29) is 6.04 Å². The summed E-state index contributed by atoms with van der Waals surface area (Å²) in [6.45, 7) is 3.31. The average Bonchev–Trinajstić information content (AvgIpc) is 2.43. The van der Waals surface area contributed by atoms with Crippen LogP contribution in [0.5, 0.6) is 0 Å². The Morgan fingerprint density at radius 3 is 2.69 bits per heavy atom. The second-order valence-electron chi connectivity index (χ2n) is 4.44. The van der Waals surface area contributed by atoms with Gasteiger partial charge in [0, 0.05) is 12.6 Å². The van der Waals surface area contributed by atoms with E-state index in [0.717, 1.165) is 32.2 Å². The Labute approximate surface area is 95.2 Å². The van der Waals surface area contributed by atoms with Gasteiger partial charge in [0.25, 0.3) is 0 Å². The van der Waals surface area contributed by atoms with Crippen molar-refractivity contribution in [1.29, 1.82) is 0 Å². The monoisotopic (exact) mass is 238 g/mol. The van der Waals surface area contributed by atoms with Crippen LogP contribution in [-0.2, 0) is 0 Å². The van der Waals surface area contributed by atoms with Crippen LogP contribution in [-0.4, -0.2) is 43.3 Å². The van der Waals surface area contributed by atoms with Gasteiger partial charge >= 0.3 is 6.18 Å². The number of halogens is 3. The predicted molar refractivity (Wildman–Crippen MR) is 58.4 cm³/mol. The zero-order valence-corrected chi connectivity index (χ0v) is 9.82. The molecule has 2 nitrogen and oxygen atoms in total. The quantitative estimate of drug-likeness (QED) is 0.809. The van der Waals surface area contributed by atoms with E-state index in [1.165, 1.54) is 0 Å². The van der Waals surface area contributed by atoms with Gasteiger partial charge in [-0.15, -0.1) is 0 Å². The van der Waals surface area contributed by atoms with E-state index in [9.17, 15) is 13.2 Å². The maximum absolute atomic E-state index is 12.4.